The molecule has 0 aliphatic carbocycles. The Bertz CT molecular complexity index is 812. The van der Waals surface area contributed by atoms with Crippen LogP contribution in [0.5, 0.6) is 0 Å². The first-order chi connectivity index (χ1) is 13.5. The van der Waals surface area contributed by atoms with E-state index in [-0.39, 0.29) is 11.8 Å². The van der Waals surface area contributed by atoms with E-state index in [4.69, 9.17) is 0 Å². The summed E-state index contributed by atoms with van der Waals surface area (Å²) in [6.07, 6.45) is 3.04. The molecule has 2 amide bonds. The van der Waals surface area contributed by atoms with Gasteiger partial charge in [0.1, 0.15) is 0 Å². The number of anilines is 2. The Morgan fingerprint density at radius 1 is 1.07 bits per heavy atom. The van der Waals surface area contributed by atoms with E-state index in [9.17, 15) is 9.59 Å². The predicted molar refractivity (Wildman–Crippen MR) is 114 cm³/mol. The van der Waals surface area contributed by atoms with Gasteiger partial charge in [-0.3, -0.25) is 9.59 Å². The summed E-state index contributed by atoms with van der Waals surface area (Å²) in [5, 5.41) is 5.82. The highest BCUT2D eigenvalue weighted by atomic mass is 16.2. The van der Waals surface area contributed by atoms with E-state index < -0.39 is 0 Å². The fraction of sp³-hybridized carbons (Fsp3) is 0.391. The van der Waals surface area contributed by atoms with Crippen molar-refractivity contribution in [2.45, 2.75) is 33.1 Å². The number of nitrogens with zero attached hydrogens (tertiary/aromatic N) is 1. The minimum absolute atomic E-state index is 0.100. The van der Waals surface area contributed by atoms with Gasteiger partial charge in [-0.15, -0.1) is 0 Å². The van der Waals surface area contributed by atoms with E-state index >= 15 is 0 Å². The van der Waals surface area contributed by atoms with Gasteiger partial charge < -0.3 is 15.5 Å². The highest BCUT2D eigenvalue weighted by Gasteiger charge is 2.21. The molecule has 0 radical (unpaired) electrons. The molecule has 2 N–H and O–H groups in total. The zero-order valence-corrected chi connectivity index (χ0v) is 16.7. The van der Waals surface area contributed by atoms with Crippen molar-refractivity contribution in [1.29, 1.82) is 0 Å². The summed E-state index contributed by atoms with van der Waals surface area (Å²) in [5.41, 5.74) is 3.40. The molecule has 2 aromatic rings. The average molecular weight is 380 g/mol. The zero-order chi connectivity index (χ0) is 19.9. The largest absolute Gasteiger partial charge is 0.371 e. The standard InChI is InChI=1S/C23H29N3O2/c1-17-11-14-26(15-12-17)22-9-8-20(25-18(2)27)16-21(22)23(28)24-13-10-19-6-4-3-5-7-19/h3-9,16-17H,10-15H2,1-2H3,(H,24,28)(H,25,27). The SMILES string of the molecule is CC(=O)Nc1ccc(N2CCC(C)CC2)c(C(=O)NCCc2ccccc2)c1. The lowest BCUT2D eigenvalue weighted by molar-refractivity contribution is -0.114. The summed E-state index contributed by atoms with van der Waals surface area (Å²) in [6, 6.07) is 15.7. The second-order valence-corrected chi connectivity index (χ2v) is 7.57. The van der Waals surface area contributed by atoms with Gasteiger partial charge in [0.25, 0.3) is 5.91 Å². The molecule has 3 rings (SSSR count). The molecule has 0 spiro atoms. The minimum atomic E-state index is -0.144. The Kier molecular flexibility index (Phi) is 6.69. The van der Waals surface area contributed by atoms with Gasteiger partial charge in [-0.05, 0) is 48.9 Å². The van der Waals surface area contributed by atoms with E-state index in [2.05, 4.69) is 34.6 Å². The van der Waals surface area contributed by atoms with Crippen molar-refractivity contribution >= 4 is 23.2 Å². The second kappa shape index (κ2) is 9.40. The number of hydrogen-bond donors (Lipinski definition) is 2. The summed E-state index contributed by atoms with van der Waals surface area (Å²) in [7, 11) is 0. The third-order valence-corrected chi connectivity index (χ3v) is 5.23. The van der Waals surface area contributed by atoms with Gasteiger partial charge in [-0.2, -0.15) is 0 Å². The molecule has 1 aliphatic rings. The molecule has 1 heterocycles. The fourth-order valence-corrected chi connectivity index (χ4v) is 3.58. The van der Waals surface area contributed by atoms with Crippen LogP contribution in [0.1, 0.15) is 42.6 Å². The molecule has 0 aromatic heterocycles. The molecular weight excluding hydrogens is 350 g/mol. The smallest absolute Gasteiger partial charge is 0.253 e. The number of carbonyl (C=O) groups is 2. The molecule has 0 saturated carbocycles. The van der Waals surface area contributed by atoms with Gasteiger partial charge in [0.2, 0.25) is 5.91 Å². The molecule has 28 heavy (non-hydrogen) atoms. The van der Waals surface area contributed by atoms with E-state index in [0.717, 1.165) is 44.0 Å². The van der Waals surface area contributed by atoms with Crippen molar-refractivity contribution in [2.75, 3.05) is 29.9 Å². The maximum atomic E-state index is 13.0. The molecule has 0 bridgehead atoms. The number of carbonyl (C=O) groups excluding carboxylic acids is 2. The van der Waals surface area contributed by atoms with Gasteiger partial charge in [0, 0.05) is 37.9 Å². The van der Waals surface area contributed by atoms with Crippen LogP contribution < -0.4 is 15.5 Å². The first-order valence-electron chi connectivity index (χ1n) is 10.0. The molecule has 148 valence electrons. The van der Waals surface area contributed by atoms with Gasteiger partial charge in [-0.25, -0.2) is 0 Å². The number of rotatable bonds is 6. The Balaban J connectivity index is 1.74. The van der Waals surface area contributed by atoms with Crippen LogP contribution in [0.4, 0.5) is 11.4 Å². The normalized spacial score (nSPS) is 14.6. The maximum Gasteiger partial charge on any atom is 0.253 e. The lowest BCUT2D eigenvalue weighted by Gasteiger charge is -2.33. The number of benzene rings is 2. The Morgan fingerprint density at radius 3 is 2.46 bits per heavy atom. The topological polar surface area (TPSA) is 61.4 Å². The lowest BCUT2D eigenvalue weighted by atomic mass is 9.97. The minimum Gasteiger partial charge on any atom is -0.371 e. The summed E-state index contributed by atoms with van der Waals surface area (Å²) < 4.78 is 0. The molecule has 1 aliphatic heterocycles. The summed E-state index contributed by atoms with van der Waals surface area (Å²) in [6.45, 7) is 6.22. The van der Waals surface area contributed by atoms with Gasteiger partial charge in [0.05, 0.1) is 5.56 Å². The molecule has 0 atom stereocenters. The highest BCUT2D eigenvalue weighted by Crippen LogP contribution is 2.28. The zero-order valence-electron chi connectivity index (χ0n) is 16.7. The number of amides is 2. The average Bonchev–Trinajstić information content (AvgIpc) is 2.69. The maximum absolute atomic E-state index is 13.0. The Labute approximate surface area is 167 Å². The number of piperidine rings is 1. The molecule has 5 nitrogen and oxygen atoms in total. The van der Waals surface area contributed by atoms with Crippen molar-refractivity contribution in [3.8, 4) is 0 Å². The molecule has 5 heteroatoms. The lowest BCUT2D eigenvalue weighted by Crippen LogP contribution is -2.35. The summed E-state index contributed by atoms with van der Waals surface area (Å²) in [4.78, 5) is 26.7. The van der Waals surface area contributed by atoms with Crippen molar-refractivity contribution in [2.24, 2.45) is 5.92 Å². The van der Waals surface area contributed by atoms with Crippen LogP contribution in [0.3, 0.4) is 0 Å². The van der Waals surface area contributed by atoms with E-state index in [0.29, 0.717) is 17.8 Å². The fourth-order valence-electron chi connectivity index (χ4n) is 3.58. The van der Waals surface area contributed by atoms with Crippen LogP contribution >= 0.6 is 0 Å². The Morgan fingerprint density at radius 2 is 1.79 bits per heavy atom. The van der Waals surface area contributed by atoms with E-state index in [1.807, 2.05) is 30.3 Å². The van der Waals surface area contributed by atoms with Gasteiger partial charge in [0.15, 0.2) is 0 Å². The van der Waals surface area contributed by atoms with Gasteiger partial charge >= 0.3 is 0 Å². The Hall–Kier alpha value is -2.82. The van der Waals surface area contributed by atoms with Crippen LogP contribution in [0.15, 0.2) is 48.5 Å². The molecule has 2 aromatic carbocycles. The first-order valence-corrected chi connectivity index (χ1v) is 10.0. The number of nitrogens with one attached hydrogen (secondary N) is 2. The second-order valence-electron chi connectivity index (χ2n) is 7.57. The van der Waals surface area contributed by atoms with Crippen LogP contribution in [0.25, 0.3) is 0 Å². The quantitative estimate of drug-likeness (QED) is 0.801. The van der Waals surface area contributed by atoms with Crippen molar-refractivity contribution in [3.05, 3.63) is 59.7 Å². The molecule has 0 unspecified atom stereocenters. The predicted octanol–water partition coefficient (Wildman–Crippen LogP) is 3.85. The monoisotopic (exact) mass is 379 g/mol. The van der Waals surface area contributed by atoms with Gasteiger partial charge in [-0.1, -0.05) is 37.3 Å². The molecule has 1 saturated heterocycles. The first kappa shape index (κ1) is 19.9. The highest BCUT2D eigenvalue weighted by molar-refractivity contribution is 6.02. The molecule has 1 fully saturated rings. The number of hydrogen-bond acceptors (Lipinski definition) is 3. The molecular formula is C23H29N3O2. The van der Waals surface area contributed by atoms with Crippen molar-refractivity contribution in [1.82, 2.24) is 5.32 Å². The summed E-state index contributed by atoms with van der Waals surface area (Å²) in [5.74, 6) is 0.477. The van der Waals surface area contributed by atoms with Crippen molar-refractivity contribution in [3.63, 3.8) is 0 Å². The summed E-state index contributed by atoms with van der Waals surface area (Å²) >= 11 is 0. The third-order valence-electron chi connectivity index (χ3n) is 5.23. The van der Waals surface area contributed by atoms with Crippen LogP contribution in [0.2, 0.25) is 0 Å². The van der Waals surface area contributed by atoms with Crippen LogP contribution in [-0.4, -0.2) is 31.4 Å². The third kappa shape index (κ3) is 5.35. The van der Waals surface area contributed by atoms with Crippen LogP contribution in [0, 0.1) is 5.92 Å². The van der Waals surface area contributed by atoms with E-state index in [1.54, 1.807) is 6.07 Å². The van der Waals surface area contributed by atoms with E-state index in [1.165, 1.54) is 12.5 Å². The van der Waals surface area contributed by atoms with Crippen molar-refractivity contribution < 1.29 is 9.59 Å². The van der Waals surface area contributed by atoms with Crippen LogP contribution in [-0.2, 0) is 11.2 Å².